The highest BCUT2D eigenvalue weighted by atomic mass is 16.1. The van der Waals surface area contributed by atoms with Crippen LogP contribution in [0.4, 0.5) is 11.5 Å². The smallest absolute Gasteiger partial charge is 0.258 e. The largest absolute Gasteiger partial charge is 0.357 e. The molecule has 0 aromatic carbocycles. The lowest BCUT2D eigenvalue weighted by Gasteiger charge is -2.16. The Morgan fingerprint density at radius 2 is 1.86 bits per heavy atom. The molecule has 3 aromatic rings. The number of pyridine rings is 2. The summed E-state index contributed by atoms with van der Waals surface area (Å²) in [6, 6.07) is 5.73. The summed E-state index contributed by atoms with van der Waals surface area (Å²) in [5, 5.41) is 2.99. The van der Waals surface area contributed by atoms with E-state index < -0.39 is 0 Å². The molecule has 0 saturated carbocycles. The third kappa shape index (κ3) is 3.45. The first-order valence-electron chi connectivity index (χ1n) is 10.6. The van der Waals surface area contributed by atoms with Crippen molar-refractivity contribution in [3.8, 4) is 0 Å². The molecule has 1 fully saturated rings. The molecule has 1 amide bonds. The zero-order chi connectivity index (χ0) is 19.8. The van der Waals surface area contributed by atoms with E-state index in [-0.39, 0.29) is 5.91 Å². The van der Waals surface area contributed by atoms with Gasteiger partial charge in [0.2, 0.25) is 0 Å². The molecule has 5 heterocycles. The molecule has 0 bridgehead atoms. The Morgan fingerprint density at radius 1 is 1.03 bits per heavy atom. The van der Waals surface area contributed by atoms with E-state index in [0.717, 1.165) is 61.9 Å². The lowest BCUT2D eigenvalue weighted by molar-refractivity contribution is 0.102. The molecule has 0 radical (unpaired) electrons. The number of carbonyl (C=O) groups is 1. The molecular weight excluding hydrogens is 364 g/mol. The highest BCUT2D eigenvalue weighted by Crippen LogP contribution is 2.25. The lowest BCUT2D eigenvalue weighted by atomic mass is 10.2. The average Bonchev–Trinajstić information content (AvgIpc) is 3.31. The van der Waals surface area contributed by atoms with E-state index in [2.05, 4.69) is 19.8 Å². The number of aromatic nitrogens is 4. The fraction of sp³-hybridized carbons (Fsp3) is 0.455. The van der Waals surface area contributed by atoms with Gasteiger partial charge in [-0.25, -0.2) is 15.0 Å². The Labute approximate surface area is 170 Å². The van der Waals surface area contributed by atoms with Gasteiger partial charge in [0.05, 0.1) is 17.4 Å². The molecule has 0 unspecified atom stereocenters. The minimum atomic E-state index is -0.163. The molecule has 7 nitrogen and oxygen atoms in total. The fourth-order valence-corrected chi connectivity index (χ4v) is 4.38. The standard InChI is InChI=1S/C22H26N6O/c1-15-13-17(20-21(24-15)28-12-4-2-3-7-19(28)26-20)22(29)25-16-8-9-18(23-14-16)27-10-5-6-11-27/h8-9,13-14H,2-7,10-12H2,1H3,(H,25,29). The number of rotatable bonds is 3. The fourth-order valence-electron chi connectivity index (χ4n) is 4.38. The van der Waals surface area contributed by atoms with Gasteiger partial charge >= 0.3 is 0 Å². The number of amides is 1. The van der Waals surface area contributed by atoms with Gasteiger partial charge in [-0.05, 0) is 50.8 Å². The Balaban J connectivity index is 1.43. The Hall–Kier alpha value is -2.96. The van der Waals surface area contributed by atoms with Gasteiger partial charge in [-0.2, -0.15) is 0 Å². The first kappa shape index (κ1) is 18.1. The van der Waals surface area contributed by atoms with Gasteiger partial charge in [-0.15, -0.1) is 0 Å². The molecule has 1 saturated heterocycles. The van der Waals surface area contributed by atoms with Crippen LogP contribution in [-0.2, 0) is 13.0 Å². The zero-order valence-corrected chi connectivity index (χ0v) is 16.8. The summed E-state index contributed by atoms with van der Waals surface area (Å²) < 4.78 is 2.19. The van der Waals surface area contributed by atoms with Crippen molar-refractivity contribution < 1.29 is 4.79 Å². The van der Waals surface area contributed by atoms with Crippen molar-refractivity contribution >= 4 is 28.6 Å². The van der Waals surface area contributed by atoms with Crippen LogP contribution in [0.1, 0.15) is 54.0 Å². The molecule has 0 atom stereocenters. The van der Waals surface area contributed by atoms with Crippen molar-refractivity contribution in [2.75, 3.05) is 23.3 Å². The molecule has 1 N–H and O–H groups in total. The van der Waals surface area contributed by atoms with E-state index in [1.165, 1.54) is 19.3 Å². The molecule has 0 spiro atoms. The maximum absolute atomic E-state index is 13.1. The van der Waals surface area contributed by atoms with Crippen molar-refractivity contribution in [1.29, 1.82) is 0 Å². The van der Waals surface area contributed by atoms with Crippen LogP contribution in [0.2, 0.25) is 0 Å². The van der Waals surface area contributed by atoms with E-state index in [0.29, 0.717) is 16.8 Å². The monoisotopic (exact) mass is 390 g/mol. The van der Waals surface area contributed by atoms with Gasteiger partial charge in [0.25, 0.3) is 5.91 Å². The van der Waals surface area contributed by atoms with Crippen LogP contribution in [-0.4, -0.2) is 38.5 Å². The van der Waals surface area contributed by atoms with Crippen molar-refractivity contribution in [2.24, 2.45) is 0 Å². The molecule has 150 valence electrons. The summed E-state index contributed by atoms with van der Waals surface area (Å²) in [7, 11) is 0. The van der Waals surface area contributed by atoms with Crippen molar-refractivity contribution in [1.82, 2.24) is 19.5 Å². The third-order valence-corrected chi connectivity index (χ3v) is 5.87. The normalized spacial score (nSPS) is 16.7. The van der Waals surface area contributed by atoms with Gasteiger partial charge < -0.3 is 14.8 Å². The lowest BCUT2D eigenvalue weighted by Crippen LogP contribution is -2.19. The summed E-state index contributed by atoms with van der Waals surface area (Å²) in [5.74, 6) is 1.85. The van der Waals surface area contributed by atoms with Crippen LogP contribution >= 0.6 is 0 Å². The Morgan fingerprint density at radius 3 is 2.66 bits per heavy atom. The molecule has 3 aromatic heterocycles. The van der Waals surface area contributed by atoms with Gasteiger partial charge in [-0.1, -0.05) is 6.42 Å². The summed E-state index contributed by atoms with van der Waals surface area (Å²) >= 11 is 0. The highest BCUT2D eigenvalue weighted by Gasteiger charge is 2.21. The highest BCUT2D eigenvalue weighted by molar-refractivity contribution is 6.11. The van der Waals surface area contributed by atoms with Crippen LogP contribution in [0.15, 0.2) is 24.4 Å². The van der Waals surface area contributed by atoms with E-state index in [1.54, 1.807) is 6.20 Å². The second kappa shape index (κ2) is 7.46. The van der Waals surface area contributed by atoms with Crippen molar-refractivity contribution in [3.05, 3.63) is 41.5 Å². The summed E-state index contributed by atoms with van der Waals surface area (Å²) in [5.41, 5.74) is 3.64. The van der Waals surface area contributed by atoms with Crippen LogP contribution < -0.4 is 10.2 Å². The van der Waals surface area contributed by atoms with E-state index in [4.69, 9.17) is 9.97 Å². The predicted octanol–water partition coefficient (Wildman–Crippen LogP) is 3.71. The minimum Gasteiger partial charge on any atom is -0.357 e. The van der Waals surface area contributed by atoms with Gasteiger partial charge in [-0.3, -0.25) is 4.79 Å². The number of aryl methyl sites for hydroxylation is 3. The van der Waals surface area contributed by atoms with E-state index in [1.807, 2.05) is 25.1 Å². The number of fused-ring (bicyclic) bond motifs is 3. The molecule has 0 aliphatic carbocycles. The molecule has 2 aliphatic heterocycles. The average molecular weight is 390 g/mol. The first-order chi connectivity index (χ1) is 14.2. The molecule has 5 rings (SSSR count). The van der Waals surface area contributed by atoms with Crippen LogP contribution in [0.5, 0.6) is 0 Å². The molecular formula is C22H26N6O. The quantitative estimate of drug-likeness (QED) is 0.738. The van der Waals surface area contributed by atoms with Crippen LogP contribution in [0.3, 0.4) is 0 Å². The number of anilines is 2. The Kier molecular flexibility index (Phi) is 4.66. The number of imidazole rings is 1. The number of nitrogens with zero attached hydrogens (tertiary/aromatic N) is 5. The van der Waals surface area contributed by atoms with Crippen LogP contribution in [0.25, 0.3) is 11.2 Å². The number of nitrogens with one attached hydrogen (secondary N) is 1. The van der Waals surface area contributed by atoms with Crippen molar-refractivity contribution in [2.45, 2.75) is 52.0 Å². The zero-order valence-electron chi connectivity index (χ0n) is 16.8. The second-order valence-corrected chi connectivity index (χ2v) is 8.03. The summed E-state index contributed by atoms with van der Waals surface area (Å²) in [4.78, 5) is 29.4. The molecule has 7 heteroatoms. The second-order valence-electron chi connectivity index (χ2n) is 8.03. The van der Waals surface area contributed by atoms with E-state index in [9.17, 15) is 4.79 Å². The minimum absolute atomic E-state index is 0.163. The number of hydrogen-bond donors (Lipinski definition) is 1. The molecule has 2 aliphatic rings. The number of carbonyl (C=O) groups excluding carboxylic acids is 1. The topological polar surface area (TPSA) is 75.9 Å². The summed E-state index contributed by atoms with van der Waals surface area (Å²) in [6.45, 7) is 4.96. The van der Waals surface area contributed by atoms with Gasteiger partial charge in [0.15, 0.2) is 5.65 Å². The van der Waals surface area contributed by atoms with Gasteiger partial charge in [0, 0.05) is 31.7 Å². The van der Waals surface area contributed by atoms with Gasteiger partial charge in [0.1, 0.15) is 17.2 Å². The predicted molar refractivity (Wildman–Crippen MR) is 113 cm³/mol. The maximum atomic E-state index is 13.1. The third-order valence-electron chi connectivity index (χ3n) is 5.87. The van der Waals surface area contributed by atoms with Crippen LogP contribution in [0, 0.1) is 6.92 Å². The first-order valence-corrected chi connectivity index (χ1v) is 10.6. The Bertz CT molecular complexity index is 1050. The molecule has 29 heavy (non-hydrogen) atoms. The van der Waals surface area contributed by atoms with E-state index >= 15 is 0 Å². The maximum Gasteiger partial charge on any atom is 0.258 e. The summed E-state index contributed by atoms with van der Waals surface area (Å²) in [6.07, 6.45) is 8.59. The number of hydrogen-bond acceptors (Lipinski definition) is 5. The van der Waals surface area contributed by atoms with Crippen molar-refractivity contribution in [3.63, 3.8) is 0 Å². The SMILES string of the molecule is Cc1cc(C(=O)Nc2ccc(N3CCCC3)nc2)c2nc3n(c2n1)CCCCC3.